The van der Waals surface area contributed by atoms with Crippen LogP contribution in [0.4, 0.5) is 0 Å². The van der Waals surface area contributed by atoms with Gasteiger partial charge in [0.15, 0.2) is 0 Å². The Morgan fingerprint density at radius 3 is 2.69 bits per heavy atom. The molecule has 0 spiro atoms. The molecule has 0 unspecified atom stereocenters. The lowest BCUT2D eigenvalue weighted by Gasteiger charge is -2.37. The second-order valence-electron chi connectivity index (χ2n) is 4.80. The van der Waals surface area contributed by atoms with E-state index in [4.69, 9.17) is 5.73 Å². The van der Waals surface area contributed by atoms with Gasteiger partial charge in [-0.1, -0.05) is 13.0 Å². The zero-order valence-electron chi connectivity index (χ0n) is 10.6. The van der Waals surface area contributed by atoms with Crippen LogP contribution in [-0.2, 0) is 6.54 Å². The largest absolute Gasteiger partial charge is 0.329 e. The number of hydrogen-bond donors (Lipinski definition) is 1. The monoisotopic (exact) mass is 221 g/mol. The van der Waals surface area contributed by atoms with Crippen molar-refractivity contribution < 1.29 is 0 Å². The summed E-state index contributed by atoms with van der Waals surface area (Å²) in [6.07, 6.45) is 4.88. The zero-order valence-corrected chi connectivity index (χ0v) is 10.6. The van der Waals surface area contributed by atoms with Crippen molar-refractivity contribution in [2.75, 3.05) is 13.1 Å². The standard InChI is InChI=1S/C13H23N3/c1-4-8-16(13(2,3)11-14)10-12-6-5-7-15-9-12/h5-7,9H,4,8,10-11,14H2,1-3H3. The fourth-order valence-corrected chi connectivity index (χ4v) is 1.71. The van der Waals surface area contributed by atoms with Gasteiger partial charge in [0.1, 0.15) is 0 Å². The predicted octanol–water partition coefficient (Wildman–Crippen LogP) is 2.03. The molecule has 0 saturated carbocycles. The van der Waals surface area contributed by atoms with E-state index in [9.17, 15) is 0 Å². The molecule has 3 nitrogen and oxygen atoms in total. The van der Waals surface area contributed by atoms with Crippen molar-refractivity contribution in [1.29, 1.82) is 0 Å². The molecule has 1 heterocycles. The Morgan fingerprint density at radius 1 is 1.44 bits per heavy atom. The lowest BCUT2D eigenvalue weighted by atomic mass is 10.0. The molecule has 0 aliphatic rings. The molecular weight excluding hydrogens is 198 g/mol. The summed E-state index contributed by atoms with van der Waals surface area (Å²) in [5, 5.41) is 0. The van der Waals surface area contributed by atoms with E-state index in [0.29, 0.717) is 6.54 Å². The average molecular weight is 221 g/mol. The fourth-order valence-electron chi connectivity index (χ4n) is 1.71. The normalized spacial score (nSPS) is 12.1. The van der Waals surface area contributed by atoms with Gasteiger partial charge in [-0.2, -0.15) is 0 Å². The number of nitrogens with zero attached hydrogens (tertiary/aromatic N) is 2. The molecule has 0 bridgehead atoms. The topological polar surface area (TPSA) is 42.2 Å². The van der Waals surface area contributed by atoms with E-state index < -0.39 is 0 Å². The van der Waals surface area contributed by atoms with Gasteiger partial charge in [-0.05, 0) is 38.4 Å². The first-order valence-corrected chi connectivity index (χ1v) is 5.94. The van der Waals surface area contributed by atoms with Gasteiger partial charge in [0.25, 0.3) is 0 Å². The van der Waals surface area contributed by atoms with Crippen LogP contribution in [0.2, 0.25) is 0 Å². The molecule has 90 valence electrons. The smallest absolute Gasteiger partial charge is 0.0312 e. The van der Waals surface area contributed by atoms with E-state index in [1.807, 2.05) is 18.5 Å². The van der Waals surface area contributed by atoms with Crippen molar-refractivity contribution in [1.82, 2.24) is 9.88 Å². The number of aromatic nitrogens is 1. The predicted molar refractivity (Wildman–Crippen MR) is 68.1 cm³/mol. The van der Waals surface area contributed by atoms with Crippen LogP contribution in [0.3, 0.4) is 0 Å². The van der Waals surface area contributed by atoms with Crippen molar-refractivity contribution in [3.8, 4) is 0 Å². The molecule has 0 amide bonds. The van der Waals surface area contributed by atoms with Gasteiger partial charge in [-0.3, -0.25) is 9.88 Å². The fraction of sp³-hybridized carbons (Fsp3) is 0.615. The molecule has 0 aromatic carbocycles. The van der Waals surface area contributed by atoms with Crippen LogP contribution in [0.15, 0.2) is 24.5 Å². The van der Waals surface area contributed by atoms with Crippen LogP contribution in [0.25, 0.3) is 0 Å². The van der Waals surface area contributed by atoms with E-state index >= 15 is 0 Å². The maximum Gasteiger partial charge on any atom is 0.0312 e. The van der Waals surface area contributed by atoms with E-state index in [-0.39, 0.29) is 5.54 Å². The Bertz CT molecular complexity index is 295. The zero-order chi connectivity index (χ0) is 12.0. The van der Waals surface area contributed by atoms with Gasteiger partial charge >= 0.3 is 0 Å². The third-order valence-electron chi connectivity index (χ3n) is 2.95. The third kappa shape index (κ3) is 3.58. The molecule has 1 aromatic rings. The van der Waals surface area contributed by atoms with Crippen LogP contribution in [0, 0.1) is 0 Å². The third-order valence-corrected chi connectivity index (χ3v) is 2.95. The maximum atomic E-state index is 5.83. The molecule has 0 fully saturated rings. The van der Waals surface area contributed by atoms with E-state index in [1.165, 1.54) is 5.56 Å². The highest BCUT2D eigenvalue weighted by Crippen LogP contribution is 2.16. The number of rotatable bonds is 6. The second kappa shape index (κ2) is 5.97. The minimum absolute atomic E-state index is 0.0475. The van der Waals surface area contributed by atoms with Crippen molar-refractivity contribution >= 4 is 0 Å². The SMILES string of the molecule is CCCN(Cc1cccnc1)C(C)(C)CN. The van der Waals surface area contributed by atoms with Crippen LogP contribution in [0.5, 0.6) is 0 Å². The Balaban J connectivity index is 2.72. The minimum Gasteiger partial charge on any atom is -0.329 e. The molecule has 0 radical (unpaired) electrons. The molecule has 2 N–H and O–H groups in total. The summed E-state index contributed by atoms with van der Waals surface area (Å²) in [6.45, 7) is 9.25. The summed E-state index contributed by atoms with van der Waals surface area (Å²) in [4.78, 5) is 6.57. The molecule has 0 aliphatic carbocycles. The van der Waals surface area contributed by atoms with Crippen molar-refractivity contribution in [2.45, 2.75) is 39.3 Å². The van der Waals surface area contributed by atoms with Crippen LogP contribution in [0.1, 0.15) is 32.8 Å². The Hall–Kier alpha value is -0.930. The molecule has 1 rings (SSSR count). The van der Waals surface area contributed by atoms with E-state index in [1.54, 1.807) is 0 Å². The Kier molecular flexibility index (Phi) is 4.90. The van der Waals surface area contributed by atoms with Crippen LogP contribution >= 0.6 is 0 Å². The molecule has 16 heavy (non-hydrogen) atoms. The summed E-state index contributed by atoms with van der Waals surface area (Å²) in [5.41, 5.74) is 7.13. The maximum absolute atomic E-state index is 5.83. The summed E-state index contributed by atoms with van der Waals surface area (Å²) in [6, 6.07) is 4.09. The van der Waals surface area contributed by atoms with E-state index in [0.717, 1.165) is 19.5 Å². The van der Waals surface area contributed by atoms with Gasteiger partial charge in [-0.15, -0.1) is 0 Å². The van der Waals surface area contributed by atoms with Gasteiger partial charge in [0.2, 0.25) is 0 Å². The van der Waals surface area contributed by atoms with E-state index in [2.05, 4.69) is 36.7 Å². The van der Waals surface area contributed by atoms with Crippen molar-refractivity contribution in [2.24, 2.45) is 5.73 Å². The molecule has 0 saturated heterocycles. The Morgan fingerprint density at radius 2 is 2.19 bits per heavy atom. The molecule has 1 aromatic heterocycles. The first-order chi connectivity index (χ1) is 7.60. The second-order valence-corrected chi connectivity index (χ2v) is 4.80. The van der Waals surface area contributed by atoms with Crippen molar-refractivity contribution in [3.63, 3.8) is 0 Å². The molecule has 3 heteroatoms. The summed E-state index contributed by atoms with van der Waals surface area (Å²) >= 11 is 0. The first-order valence-electron chi connectivity index (χ1n) is 5.94. The molecular formula is C13H23N3. The summed E-state index contributed by atoms with van der Waals surface area (Å²) < 4.78 is 0. The quantitative estimate of drug-likeness (QED) is 0.799. The van der Waals surface area contributed by atoms with Gasteiger partial charge in [0.05, 0.1) is 0 Å². The lowest BCUT2D eigenvalue weighted by Crippen LogP contribution is -2.49. The Labute approximate surface area is 98.7 Å². The lowest BCUT2D eigenvalue weighted by molar-refractivity contribution is 0.118. The molecule has 0 aliphatic heterocycles. The summed E-state index contributed by atoms with van der Waals surface area (Å²) in [7, 11) is 0. The van der Waals surface area contributed by atoms with Gasteiger partial charge in [-0.25, -0.2) is 0 Å². The number of pyridine rings is 1. The van der Waals surface area contributed by atoms with Gasteiger partial charge in [0, 0.05) is 31.0 Å². The number of hydrogen-bond acceptors (Lipinski definition) is 3. The van der Waals surface area contributed by atoms with Crippen LogP contribution < -0.4 is 5.73 Å². The molecule has 0 atom stereocenters. The first kappa shape index (κ1) is 13.1. The highest BCUT2D eigenvalue weighted by molar-refractivity contribution is 5.09. The minimum atomic E-state index is 0.0475. The summed E-state index contributed by atoms with van der Waals surface area (Å²) in [5.74, 6) is 0. The van der Waals surface area contributed by atoms with Crippen LogP contribution in [-0.4, -0.2) is 28.5 Å². The number of nitrogens with two attached hydrogens (primary N) is 1. The van der Waals surface area contributed by atoms with Crippen molar-refractivity contribution in [3.05, 3.63) is 30.1 Å². The highest BCUT2D eigenvalue weighted by atomic mass is 15.2. The van der Waals surface area contributed by atoms with Gasteiger partial charge < -0.3 is 5.73 Å². The average Bonchev–Trinajstić information content (AvgIpc) is 2.30. The highest BCUT2D eigenvalue weighted by Gasteiger charge is 2.24.